The maximum absolute atomic E-state index is 13.3. The van der Waals surface area contributed by atoms with Gasteiger partial charge in [-0.25, -0.2) is 0 Å². The van der Waals surface area contributed by atoms with Crippen LogP contribution in [-0.2, 0) is 4.79 Å². The predicted molar refractivity (Wildman–Crippen MR) is 118 cm³/mol. The van der Waals surface area contributed by atoms with Crippen molar-refractivity contribution in [2.24, 2.45) is 5.41 Å². The molecular weight excluding hydrogens is 376 g/mol. The summed E-state index contributed by atoms with van der Waals surface area (Å²) in [6, 6.07) is 18.6. The summed E-state index contributed by atoms with van der Waals surface area (Å²) >= 11 is 0. The molecule has 2 aliphatic rings. The Balaban J connectivity index is 1.74. The van der Waals surface area contributed by atoms with Crippen molar-refractivity contribution >= 4 is 33.5 Å². The Labute approximate surface area is 174 Å². The van der Waals surface area contributed by atoms with Gasteiger partial charge in [0.15, 0.2) is 5.78 Å². The summed E-state index contributed by atoms with van der Waals surface area (Å²) in [6.07, 6.45) is 1.32. The highest BCUT2D eigenvalue weighted by atomic mass is 16.6. The van der Waals surface area contributed by atoms with Crippen LogP contribution in [0.3, 0.4) is 0 Å². The Morgan fingerprint density at radius 3 is 2.47 bits per heavy atom. The average Bonchev–Trinajstić information content (AvgIpc) is 2.72. The molecule has 5 nitrogen and oxygen atoms in total. The molecule has 0 saturated heterocycles. The molecule has 0 aromatic heterocycles. The van der Waals surface area contributed by atoms with E-state index in [4.69, 9.17) is 0 Å². The van der Waals surface area contributed by atoms with Gasteiger partial charge in [-0.15, -0.1) is 0 Å². The highest BCUT2D eigenvalue weighted by molar-refractivity contribution is 6.12. The van der Waals surface area contributed by atoms with E-state index in [2.05, 4.69) is 43.4 Å². The molecule has 0 spiro atoms. The number of nitro groups is 1. The van der Waals surface area contributed by atoms with Gasteiger partial charge in [0.1, 0.15) is 0 Å². The van der Waals surface area contributed by atoms with Crippen LogP contribution < -0.4 is 5.32 Å². The molecule has 3 aromatic carbocycles. The molecule has 0 fully saturated rings. The minimum Gasteiger partial charge on any atom is -0.373 e. The third-order valence-corrected chi connectivity index (χ3v) is 6.18. The van der Waals surface area contributed by atoms with Crippen LogP contribution in [0.1, 0.15) is 43.9 Å². The van der Waals surface area contributed by atoms with Crippen LogP contribution in [-0.4, -0.2) is 10.7 Å². The number of rotatable bonds is 2. The lowest BCUT2D eigenvalue weighted by atomic mass is 9.68. The van der Waals surface area contributed by atoms with Crippen LogP contribution in [0, 0.1) is 15.5 Å². The van der Waals surface area contributed by atoms with Gasteiger partial charge in [-0.1, -0.05) is 44.2 Å². The number of hydrogen-bond donors (Lipinski definition) is 1. The third-order valence-electron chi connectivity index (χ3n) is 6.18. The summed E-state index contributed by atoms with van der Waals surface area (Å²) < 4.78 is 0. The first kappa shape index (κ1) is 18.6. The summed E-state index contributed by atoms with van der Waals surface area (Å²) in [4.78, 5) is 24.0. The summed E-state index contributed by atoms with van der Waals surface area (Å²) in [5.41, 5.74) is 4.81. The summed E-state index contributed by atoms with van der Waals surface area (Å²) in [7, 11) is 0. The van der Waals surface area contributed by atoms with Gasteiger partial charge < -0.3 is 5.32 Å². The van der Waals surface area contributed by atoms with Gasteiger partial charge in [-0.05, 0) is 51.9 Å². The first-order valence-electron chi connectivity index (χ1n) is 10.1. The lowest BCUT2D eigenvalue weighted by Gasteiger charge is -2.40. The molecule has 30 heavy (non-hydrogen) atoms. The topological polar surface area (TPSA) is 72.2 Å². The van der Waals surface area contributed by atoms with E-state index in [1.807, 2.05) is 12.1 Å². The zero-order valence-corrected chi connectivity index (χ0v) is 16.9. The largest absolute Gasteiger partial charge is 0.373 e. The van der Waals surface area contributed by atoms with Crippen LogP contribution in [0.2, 0.25) is 0 Å². The number of carbonyl (C=O) groups is 1. The van der Waals surface area contributed by atoms with E-state index >= 15 is 0 Å². The molecule has 0 bridgehead atoms. The van der Waals surface area contributed by atoms with E-state index in [1.165, 1.54) is 12.1 Å². The number of nitrogens with one attached hydrogen (secondary N) is 1. The molecule has 0 radical (unpaired) electrons. The van der Waals surface area contributed by atoms with Crippen molar-refractivity contribution in [3.8, 4) is 0 Å². The van der Waals surface area contributed by atoms with Crippen molar-refractivity contribution in [2.45, 2.75) is 32.7 Å². The molecule has 1 aliphatic heterocycles. The van der Waals surface area contributed by atoms with Gasteiger partial charge in [0.05, 0.1) is 11.0 Å². The SMILES string of the molecule is CC1(C)CC(=O)C2=C(C1)c1c(ccc3ccccc13)N[C@@H]2c1ccc([N+](=O)[O-])cc1. The lowest BCUT2D eigenvalue weighted by Crippen LogP contribution is -2.33. The molecule has 1 aliphatic carbocycles. The van der Waals surface area contributed by atoms with Crippen molar-refractivity contribution in [1.82, 2.24) is 0 Å². The van der Waals surface area contributed by atoms with Gasteiger partial charge in [-0.2, -0.15) is 0 Å². The van der Waals surface area contributed by atoms with Gasteiger partial charge >= 0.3 is 0 Å². The zero-order valence-electron chi connectivity index (χ0n) is 16.9. The monoisotopic (exact) mass is 398 g/mol. The molecule has 5 heteroatoms. The Hall–Kier alpha value is -3.47. The minimum absolute atomic E-state index is 0.0475. The lowest BCUT2D eigenvalue weighted by molar-refractivity contribution is -0.384. The number of anilines is 1. The van der Waals surface area contributed by atoms with Crippen molar-refractivity contribution < 1.29 is 9.72 Å². The fourth-order valence-corrected chi connectivity index (χ4v) is 4.88. The molecule has 0 unspecified atom stereocenters. The minimum atomic E-state index is -0.404. The van der Waals surface area contributed by atoms with Crippen LogP contribution in [0.25, 0.3) is 16.3 Å². The number of Topliss-reactive ketones (excluding diaryl/α,β-unsaturated/α-hetero) is 1. The van der Waals surface area contributed by atoms with Gasteiger partial charge in [-0.3, -0.25) is 14.9 Å². The van der Waals surface area contributed by atoms with Crippen LogP contribution >= 0.6 is 0 Å². The smallest absolute Gasteiger partial charge is 0.269 e. The van der Waals surface area contributed by atoms with Gasteiger partial charge in [0.25, 0.3) is 5.69 Å². The number of allylic oxidation sites excluding steroid dienone is 1. The second-order valence-electron chi connectivity index (χ2n) is 8.97. The fourth-order valence-electron chi connectivity index (χ4n) is 4.88. The normalized spacial score (nSPS) is 19.8. The first-order valence-corrected chi connectivity index (χ1v) is 10.1. The molecule has 1 N–H and O–H groups in total. The van der Waals surface area contributed by atoms with Gasteiger partial charge in [0, 0.05) is 35.4 Å². The van der Waals surface area contributed by atoms with E-state index in [-0.39, 0.29) is 22.9 Å². The first-order chi connectivity index (χ1) is 14.3. The number of benzene rings is 3. The molecule has 1 heterocycles. The number of nitrogens with zero attached hydrogens (tertiary/aromatic N) is 1. The molecule has 1 atom stereocenters. The van der Waals surface area contributed by atoms with E-state index in [0.717, 1.165) is 45.2 Å². The van der Waals surface area contributed by atoms with E-state index in [9.17, 15) is 14.9 Å². The quantitative estimate of drug-likeness (QED) is 0.421. The standard InChI is InChI=1S/C25H22N2O3/c1-25(2)13-19-22-18-6-4-3-5-15(18)9-12-20(22)26-24(23(19)21(28)14-25)16-7-10-17(11-8-16)27(29)30/h3-12,24,26H,13-14H2,1-2H3/t24-/m1/s1. The van der Waals surface area contributed by atoms with Crippen molar-refractivity contribution in [2.75, 3.05) is 5.32 Å². The predicted octanol–water partition coefficient (Wildman–Crippen LogP) is 6.06. The molecular formula is C25H22N2O3. The van der Waals surface area contributed by atoms with Gasteiger partial charge in [0.2, 0.25) is 0 Å². The van der Waals surface area contributed by atoms with Crippen molar-refractivity contribution in [3.05, 3.63) is 87.5 Å². The Kier molecular flexibility index (Phi) is 4.03. The molecule has 0 saturated carbocycles. The number of non-ortho nitro benzene ring substituents is 1. The molecule has 3 aromatic rings. The van der Waals surface area contributed by atoms with Crippen LogP contribution in [0.4, 0.5) is 11.4 Å². The number of carbonyl (C=O) groups excluding carboxylic acids is 1. The highest BCUT2D eigenvalue weighted by Gasteiger charge is 2.40. The summed E-state index contributed by atoms with van der Waals surface area (Å²) in [5, 5.41) is 16.9. The van der Waals surface area contributed by atoms with Crippen LogP contribution in [0.15, 0.2) is 66.2 Å². The van der Waals surface area contributed by atoms with E-state index in [0.29, 0.717) is 6.42 Å². The number of hydrogen-bond acceptors (Lipinski definition) is 4. The third kappa shape index (κ3) is 2.89. The van der Waals surface area contributed by atoms with E-state index < -0.39 is 4.92 Å². The average molecular weight is 398 g/mol. The van der Waals surface area contributed by atoms with Crippen LogP contribution in [0.5, 0.6) is 0 Å². The zero-order chi connectivity index (χ0) is 21.0. The number of fused-ring (bicyclic) bond motifs is 4. The molecule has 5 rings (SSSR count). The second-order valence-corrected chi connectivity index (χ2v) is 8.97. The Morgan fingerprint density at radius 2 is 1.73 bits per heavy atom. The molecule has 0 amide bonds. The number of nitro benzene ring substituents is 1. The highest BCUT2D eigenvalue weighted by Crippen LogP contribution is 2.52. The van der Waals surface area contributed by atoms with Crippen molar-refractivity contribution in [3.63, 3.8) is 0 Å². The number of ketones is 1. The Morgan fingerprint density at radius 1 is 1.00 bits per heavy atom. The maximum Gasteiger partial charge on any atom is 0.269 e. The Bertz CT molecular complexity index is 1240. The van der Waals surface area contributed by atoms with Crippen molar-refractivity contribution in [1.29, 1.82) is 0 Å². The second kappa shape index (κ2) is 6.52. The van der Waals surface area contributed by atoms with E-state index in [1.54, 1.807) is 12.1 Å². The maximum atomic E-state index is 13.3. The fraction of sp³-hybridized carbons (Fsp3) is 0.240. The summed E-state index contributed by atoms with van der Waals surface area (Å²) in [5.74, 6) is 0.149. The summed E-state index contributed by atoms with van der Waals surface area (Å²) in [6.45, 7) is 4.28. The molecule has 150 valence electrons.